The van der Waals surface area contributed by atoms with Gasteiger partial charge < -0.3 is 5.11 Å². The molecule has 0 atom stereocenters. The largest absolute Gasteiger partial charge is 0.508 e. The van der Waals surface area contributed by atoms with E-state index in [1.807, 2.05) is 12.1 Å². The standard InChI is InChI=1S/C11H12O/c1-8-3-2-4-9-7-10(12)5-6-11(8)9/h3,5-7,12H,2,4H2,1H3. The number of phenolic OH excluding ortho intramolecular Hbond substituents is 1. The van der Waals surface area contributed by atoms with E-state index in [1.54, 1.807) is 6.07 Å². The zero-order valence-electron chi connectivity index (χ0n) is 7.17. The fourth-order valence-electron chi connectivity index (χ4n) is 1.73. The third-order valence-electron chi connectivity index (χ3n) is 2.38. The molecule has 0 radical (unpaired) electrons. The van der Waals surface area contributed by atoms with E-state index in [0.29, 0.717) is 5.75 Å². The zero-order chi connectivity index (χ0) is 8.55. The lowest BCUT2D eigenvalue weighted by Gasteiger charge is -2.14. The summed E-state index contributed by atoms with van der Waals surface area (Å²) < 4.78 is 0. The number of hydrogen-bond acceptors (Lipinski definition) is 1. The Hall–Kier alpha value is -1.24. The highest BCUT2D eigenvalue weighted by atomic mass is 16.3. The average Bonchev–Trinajstić information content (AvgIpc) is 2.04. The van der Waals surface area contributed by atoms with Crippen LogP contribution in [0.15, 0.2) is 24.3 Å². The van der Waals surface area contributed by atoms with Gasteiger partial charge in [-0.05, 0) is 48.6 Å². The Bertz CT molecular complexity index is 337. The molecule has 0 fully saturated rings. The van der Waals surface area contributed by atoms with Gasteiger partial charge in [0.15, 0.2) is 0 Å². The van der Waals surface area contributed by atoms with Crippen LogP contribution in [0.4, 0.5) is 0 Å². The molecule has 1 nitrogen and oxygen atoms in total. The molecule has 0 aliphatic heterocycles. The predicted molar refractivity (Wildman–Crippen MR) is 50.1 cm³/mol. The summed E-state index contributed by atoms with van der Waals surface area (Å²) in [5.41, 5.74) is 3.89. The van der Waals surface area contributed by atoms with E-state index in [9.17, 15) is 5.11 Å². The first-order chi connectivity index (χ1) is 5.77. The summed E-state index contributed by atoms with van der Waals surface area (Å²) in [6.45, 7) is 2.12. The Kier molecular flexibility index (Phi) is 1.65. The SMILES string of the molecule is CC1=CCCc2cc(O)ccc21. The molecule has 1 aliphatic rings. The number of rotatable bonds is 0. The molecule has 2 rings (SSSR count). The molecule has 0 heterocycles. The van der Waals surface area contributed by atoms with Crippen LogP contribution in [0, 0.1) is 0 Å². The molecular formula is C11H12O. The number of aromatic hydroxyl groups is 1. The number of benzene rings is 1. The number of fused-ring (bicyclic) bond motifs is 1. The average molecular weight is 160 g/mol. The van der Waals surface area contributed by atoms with Gasteiger partial charge in [0, 0.05) is 0 Å². The van der Waals surface area contributed by atoms with Crippen LogP contribution >= 0.6 is 0 Å². The van der Waals surface area contributed by atoms with Crippen molar-refractivity contribution in [2.45, 2.75) is 19.8 Å². The molecule has 1 aliphatic carbocycles. The summed E-state index contributed by atoms with van der Waals surface area (Å²) in [4.78, 5) is 0. The van der Waals surface area contributed by atoms with Crippen molar-refractivity contribution in [1.29, 1.82) is 0 Å². The third-order valence-corrected chi connectivity index (χ3v) is 2.38. The van der Waals surface area contributed by atoms with Crippen molar-refractivity contribution in [3.8, 4) is 5.75 Å². The minimum Gasteiger partial charge on any atom is -0.508 e. The van der Waals surface area contributed by atoms with Crippen molar-refractivity contribution in [1.82, 2.24) is 0 Å². The van der Waals surface area contributed by atoms with Crippen molar-refractivity contribution >= 4 is 5.57 Å². The molecule has 0 saturated carbocycles. The van der Waals surface area contributed by atoms with Crippen molar-refractivity contribution in [2.24, 2.45) is 0 Å². The maximum Gasteiger partial charge on any atom is 0.115 e. The Morgan fingerprint density at radius 2 is 2.17 bits per heavy atom. The predicted octanol–water partition coefficient (Wildman–Crippen LogP) is 2.74. The second kappa shape index (κ2) is 2.67. The Morgan fingerprint density at radius 3 is 3.00 bits per heavy atom. The third kappa shape index (κ3) is 1.11. The first-order valence-corrected chi connectivity index (χ1v) is 4.26. The van der Waals surface area contributed by atoms with E-state index in [2.05, 4.69) is 13.0 Å². The summed E-state index contributed by atoms with van der Waals surface area (Å²) in [6, 6.07) is 5.61. The highest BCUT2D eigenvalue weighted by Crippen LogP contribution is 2.28. The number of phenols is 1. The van der Waals surface area contributed by atoms with Gasteiger partial charge >= 0.3 is 0 Å². The maximum absolute atomic E-state index is 9.26. The molecule has 1 N–H and O–H groups in total. The van der Waals surface area contributed by atoms with Crippen LogP contribution in [-0.2, 0) is 6.42 Å². The monoisotopic (exact) mass is 160 g/mol. The van der Waals surface area contributed by atoms with Gasteiger partial charge in [0.25, 0.3) is 0 Å². The smallest absolute Gasteiger partial charge is 0.115 e. The van der Waals surface area contributed by atoms with Gasteiger partial charge in [0.2, 0.25) is 0 Å². The second-order valence-corrected chi connectivity index (χ2v) is 3.27. The highest BCUT2D eigenvalue weighted by Gasteiger charge is 2.08. The van der Waals surface area contributed by atoms with Crippen molar-refractivity contribution in [3.05, 3.63) is 35.4 Å². The second-order valence-electron chi connectivity index (χ2n) is 3.27. The molecule has 0 saturated heterocycles. The van der Waals surface area contributed by atoms with E-state index in [4.69, 9.17) is 0 Å². The number of allylic oxidation sites excluding steroid dienone is 2. The van der Waals surface area contributed by atoms with Gasteiger partial charge in [0.1, 0.15) is 5.75 Å². The lowest BCUT2D eigenvalue weighted by atomic mass is 9.92. The fourth-order valence-corrected chi connectivity index (χ4v) is 1.73. The van der Waals surface area contributed by atoms with E-state index in [1.165, 1.54) is 16.7 Å². The minimum absolute atomic E-state index is 0.378. The van der Waals surface area contributed by atoms with Gasteiger partial charge in [-0.2, -0.15) is 0 Å². The molecule has 0 spiro atoms. The highest BCUT2D eigenvalue weighted by molar-refractivity contribution is 5.69. The number of hydrogen-bond donors (Lipinski definition) is 1. The molecule has 0 aromatic heterocycles. The molecule has 0 amide bonds. The van der Waals surface area contributed by atoms with Crippen LogP contribution in [0.3, 0.4) is 0 Å². The van der Waals surface area contributed by atoms with Crippen LogP contribution in [0.1, 0.15) is 24.5 Å². The quantitative estimate of drug-likeness (QED) is 0.618. The van der Waals surface area contributed by atoms with E-state index >= 15 is 0 Å². The first kappa shape index (κ1) is 7.41. The van der Waals surface area contributed by atoms with Crippen LogP contribution in [0.25, 0.3) is 5.57 Å². The molecule has 0 bridgehead atoms. The summed E-state index contributed by atoms with van der Waals surface area (Å²) in [5.74, 6) is 0.378. The van der Waals surface area contributed by atoms with E-state index < -0.39 is 0 Å². The molecule has 1 heteroatoms. The van der Waals surface area contributed by atoms with Crippen molar-refractivity contribution < 1.29 is 5.11 Å². The lowest BCUT2D eigenvalue weighted by molar-refractivity contribution is 0.474. The van der Waals surface area contributed by atoms with Crippen LogP contribution in [-0.4, -0.2) is 5.11 Å². The Labute approximate surface area is 72.4 Å². The summed E-state index contributed by atoms with van der Waals surface area (Å²) in [6.07, 6.45) is 4.41. The maximum atomic E-state index is 9.26. The minimum atomic E-state index is 0.378. The summed E-state index contributed by atoms with van der Waals surface area (Å²) in [7, 11) is 0. The zero-order valence-corrected chi connectivity index (χ0v) is 7.17. The van der Waals surface area contributed by atoms with Crippen molar-refractivity contribution in [2.75, 3.05) is 0 Å². The molecular weight excluding hydrogens is 148 g/mol. The van der Waals surface area contributed by atoms with E-state index in [-0.39, 0.29) is 0 Å². The summed E-state index contributed by atoms with van der Waals surface area (Å²) >= 11 is 0. The van der Waals surface area contributed by atoms with E-state index in [0.717, 1.165) is 12.8 Å². The van der Waals surface area contributed by atoms with Crippen LogP contribution in [0.5, 0.6) is 5.75 Å². The van der Waals surface area contributed by atoms with Gasteiger partial charge in [-0.25, -0.2) is 0 Å². The Balaban J connectivity index is 2.56. The van der Waals surface area contributed by atoms with Gasteiger partial charge in [-0.1, -0.05) is 12.1 Å². The molecule has 1 aromatic carbocycles. The molecule has 62 valence electrons. The van der Waals surface area contributed by atoms with Gasteiger partial charge in [0.05, 0.1) is 0 Å². The van der Waals surface area contributed by atoms with Gasteiger partial charge in [-0.3, -0.25) is 0 Å². The topological polar surface area (TPSA) is 20.2 Å². The molecule has 12 heavy (non-hydrogen) atoms. The Morgan fingerprint density at radius 1 is 1.33 bits per heavy atom. The normalized spacial score (nSPS) is 15.2. The van der Waals surface area contributed by atoms with Crippen LogP contribution in [0.2, 0.25) is 0 Å². The molecule has 0 unspecified atom stereocenters. The fraction of sp³-hybridized carbons (Fsp3) is 0.273. The van der Waals surface area contributed by atoms with Gasteiger partial charge in [-0.15, -0.1) is 0 Å². The number of aryl methyl sites for hydroxylation is 1. The lowest BCUT2D eigenvalue weighted by Crippen LogP contribution is -1.96. The summed E-state index contributed by atoms with van der Waals surface area (Å²) in [5, 5.41) is 9.26. The first-order valence-electron chi connectivity index (χ1n) is 4.26. The van der Waals surface area contributed by atoms with Crippen molar-refractivity contribution in [3.63, 3.8) is 0 Å². The van der Waals surface area contributed by atoms with Crippen LogP contribution < -0.4 is 0 Å². The molecule has 1 aromatic rings.